The second-order valence-corrected chi connectivity index (χ2v) is 8.31. The van der Waals surface area contributed by atoms with Crippen molar-refractivity contribution in [3.63, 3.8) is 0 Å². The van der Waals surface area contributed by atoms with Gasteiger partial charge in [0, 0.05) is 22.3 Å². The largest absolute Gasteiger partial charge is 0.271 e. The molecule has 0 aromatic rings. The van der Waals surface area contributed by atoms with Crippen molar-refractivity contribution >= 4 is 10.1 Å². The summed E-state index contributed by atoms with van der Waals surface area (Å²) in [6, 6.07) is 0. The first-order chi connectivity index (χ1) is 6.18. The van der Waals surface area contributed by atoms with Gasteiger partial charge >= 0.3 is 0 Å². The molecule has 3 heteroatoms. The summed E-state index contributed by atoms with van der Waals surface area (Å²) in [6.45, 7) is 8.24. The lowest BCUT2D eigenvalue weighted by molar-refractivity contribution is 0.554. The van der Waals surface area contributed by atoms with Crippen molar-refractivity contribution in [2.45, 2.75) is 27.7 Å². The third-order valence-electron chi connectivity index (χ3n) is 2.45. The van der Waals surface area contributed by atoms with Crippen molar-refractivity contribution in [3.8, 4) is 11.8 Å². The maximum atomic E-state index is 12.5. The van der Waals surface area contributed by atoms with Crippen LogP contribution in [0.4, 0.5) is 0 Å². The first-order valence-electron chi connectivity index (χ1n) is 5.00. The highest BCUT2D eigenvalue weighted by Crippen LogP contribution is 2.29. The zero-order valence-corrected chi connectivity index (χ0v) is 10.7. The minimum atomic E-state index is -2.26. The fourth-order valence-corrected chi connectivity index (χ4v) is 5.05. The molecule has 0 unspecified atom stereocenters. The quantitative estimate of drug-likeness (QED) is 0.499. The topological polar surface area (TPSA) is 29.1 Å². The molecule has 0 radical (unpaired) electrons. The molecule has 0 aromatic carbocycles. The zero-order chi connectivity index (χ0) is 11.0. The Morgan fingerprint density at radius 2 is 1.43 bits per heavy atom. The summed E-state index contributed by atoms with van der Waals surface area (Å²) in [5.74, 6) is 7.82. The SMILES string of the molecule is CN[SH]1(=O)CC(C)(C)C#CC(C)(C)C1. The molecule has 1 N–H and O–H groups in total. The van der Waals surface area contributed by atoms with Crippen molar-refractivity contribution in [1.29, 1.82) is 0 Å². The molecule has 0 amide bonds. The van der Waals surface area contributed by atoms with Gasteiger partial charge in [-0.1, -0.05) is 22.0 Å². The molecular weight excluding hydrogens is 194 g/mol. The molecule has 82 valence electrons. The first kappa shape index (κ1) is 11.7. The Hall–Kier alpha value is -0.330. The van der Waals surface area contributed by atoms with Crippen LogP contribution in [0.15, 0.2) is 0 Å². The number of rotatable bonds is 1. The smallest absolute Gasteiger partial charge is 0.0366 e. The Labute approximate surface area is 88.4 Å². The Morgan fingerprint density at radius 1 is 1.07 bits per heavy atom. The summed E-state index contributed by atoms with van der Waals surface area (Å²) in [5, 5.41) is 0. The van der Waals surface area contributed by atoms with E-state index in [9.17, 15) is 4.21 Å². The van der Waals surface area contributed by atoms with Gasteiger partial charge in [0.15, 0.2) is 0 Å². The maximum Gasteiger partial charge on any atom is 0.0366 e. The highest BCUT2D eigenvalue weighted by molar-refractivity contribution is 8.01. The molecule has 0 fully saturated rings. The van der Waals surface area contributed by atoms with E-state index in [2.05, 4.69) is 44.3 Å². The molecule has 1 heterocycles. The molecular formula is C11H21NOS. The molecule has 0 aromatic heterocycles. The van der Waals surface area contributed by atoms with Crippen LogP contribution in [0.25, 0.3) is 0 Å². The minimum Gasteiger partial charge on any atom is -0.271 e. The van der Waals surface area contributed by atoms with Gasteiger partial charge in [0.1, 0.15) is 0 Å². The normalized spacial score (nSPS) is 29.5. The van der Waals surface area contributed by atoms with Crippen LogP contribution < -0.4 is 4.72 Å². The molecule has 1 aliphatic rings. The monoisotopic (exact) mass is 215 g/mol. The standard InChI is InChI=1S/C11H21NOS/c1-10(2)6-7-11(3,4)9-14(13,8-10)12-5/h14H,8-9H2,1-5H3,(H,12,13). The van der Waals surface area contributed by atoms with Gasteiger partial charge in [0.25, 0.3) is 0 Å². The lowest BCUT2D eigenvalue weighted by atomic mass is 9.92. The van der Waals surface area contributed by atoms with Gasteiger partial charge in [-0.3, -0.25) is 8.93 Å². The number of thiol groups is 1. The molecule has 0 saturated heterocycles. The van der Waals surface area contributed by atoms with E-state index in [1.165, 1.54) is 0 Å². The van der Waals surface area contributed by atoms with E-state index in [1.54, 1.807) is 7.05 Å². The third kappa shape index (κ3) is 2.83. The van der Waals surface area contributed by atoms with E-state index in [1.807, 2.05) is 0 Å². The van der Waals surface area contributed by atoms with Crippen molar-refractivity contribution < 1.29 is 4.21 Å². The summed E-state index contributed by atoms with van der Waals surface area (Å²) in [6.07, 6.45) is 0. The van der Waals surface area contributed by atoms with Crippen LogP contribution in [0.1, 0.15) is 27.7 Å². The molecule has 0 aliphatic carbocycles. The lowest BCUT2D eigenvalue weighted by Gasteiger charge is -2.31. The molecule has 0 atom stereocenters. The van der Waals surface area contributed by atoms with Gasteiger partial charge in [-0.15, -0.1) is 0 Å². The Morgan fingerprint density at radius 3 is 1.71 bits per heavy atom. The molecule has 1 aliphatic heterocycles. The van der Waals surface area contributed by atoms with Crippen LogP contribution in [0.5, 0.6) is 0 Å². The average Bonchev–Trinajstić information content (AvgIpc) is 2.06. The maximum absolute atomic E-state index is 12.5. The van der Waals surface area contributed by atoms with Crippen LogP contribution in [-0.4, -0.2) is 22.8 Å². The predicted molar refractivity (Wildman–Crippen MR) is 63.7 cm³/mol. The van der Waals surface area contributed by atoms with E-state index < -0.39 is 10.1 Å². The van der Waals surface area contributed by atoms with Gasteiger partial charge < -0.3 is 0 Å². The van der Waals surface area contributed by atoms with E-state index >= 15 is 0 Å². The Balaban J connectivity index is 3.08. The van der Waals surface area contributed by atoms with Crippen LogP contribution >= 0.6 is 0 Å². The van der Waals surface area contributed by atoms with E-state index in [0.29, 0.717) is 11.5 Å². The first-order valence-corrected chi connectivity index (χ1v) is 7.07. The summed E-state index contributed by atoms with van der Waals surface area (Å²) < 4.78 is 15.5. The van der Waals surface area contributed by atoms with Gasteiger partial charge in [-0.05, 0) is 34.7 Å². The van der Waals surface area contributed by atoms with Gasteiger partial charge in [-0.25, -0.2) is 0 Å². The zero-order valence-electron chi connectivity index (χ0n) is 9.77. The highest BCUT2D eigenvalue weighted by Gasteiger charge is 2.33. The van der Waals surface area contributed by atoms with Crippen LogP contribution in [-0.2, 0) is 10.1 Å². The average molecular weight is 215 g/mol. The van der Waals surface area contributed by atoms with Crippen molar-refractivity contribution in [2.75, 3.05) is 18.6 Å². The lowest BCUT2D eigenvalue weighted by Crippen LogP contribution is -2.42. The van der Waals surface area contributed by atoms with E-state index in [4.69, 9.17) is 0 Å². The van der Waals surface area contributed by atoms with Crippen LogP contribution in [0.2, 0.25) is 0 Å². The third-order valence-corrected chi connectivity index (χ3v) is 5.87. The van der Waals surface area contributed by atoms with E-state index in [0.717, 1.165) is 0 Å². The molecule has 0 saturated carbocycles. The molecule has 2 nitrogen and oxygen atoms in total. The molecule has 1 rings (SSSR count). The van der Waals surface area contributed by atoms with E-state index in [-0.39, 0.29) is 10.8 Å². The fourth-order valence-electron chi connectivity index (χ4n) is 1.91. The minimum absolute atomic E-state index is 0.133. The number of hydrogen-bond acceptors (Lipinski definition) is 1. The Kier molecular flexibility index (Phi) is 2.82. The number of nitrogens with one attached hydrogen (secondary N) is 1. The second kappa shape index (κ2) is 3.36. The van der Waals surface area contributed by atoms with Crippen molar-refractivity contribution in [3.05, 3.63) is 0 Å². The van der Waals surface area contributed by atoms with Crippen molar-refractivity contribution in [1.82, 2.24) is 4.72 Å². The summed E-state index contributed by atoms with van der Waals surface area (Å²) in [7, 11) is -0.466. The van der Waals surface area contributed by atoms with Gasteiger partial charge in [0.2, 0.25) is 0 Å². The van der Waals surface area contributed by atoms with Crippen LogP contribution in [0.3, 0.4) is 0 Å². The Bertz CT molecular complexity index is 307. The summed E-state index contributed by atoms with van der Waals surface area (Å²) >= 11 is 0. The number of hydrogen-bond donors (Lipinski definition) is 2. The summed E-state index contributed by atoms with van der Waals surface area (Å²) in [4.78, 5) is 0. The predicted octanol–water partition coefficient (Wildman–Crippen LogP) is 1.21. The van der Waals surface area contributed by atoms with Gasteiger partial charge in [-0.2, -0.15) is 0 Å². The van der Waals surface area contributed by atoms with Gasteiger partial charge in [0.05, 0.1) is 0 Å². The van der Waals surface area contributed by atoms with Crippen molar-refractivity contribution in [2.24, 2.45) is 10.8 Å². The molecule has 0 spiro atoms. The molecule has 14 heavy (non-hydrogen) atoms. The highest BCUT2D eigenvalue weighted by atomic mass is 32.3. The molecule has 0 bridgehead atoms. The fraction of sp³-hybridized carbons (Fsp3) is 0.818. The van der Waals surface area contributed by atoms with Crippen LogP contribution in [0, 0.1) is 22.7 Å². The second-order valence-electron chi connectivity index (χ2n) is 5.45. The summed E-state index contributed by atoms with van der Waals surface area (Å²) in [5.41, 5.74) is -0.265.